The van der Waals surface area contributed by atoms with Gasteiger partial charge < -0.3 is 15.7 Å². The minimum Gasteiger partial charge on any atom is -0.383 e. The van der Waals surface area contributed by atoms with E-state index in [1.54, 1.807) is 31.0 Å². The van der Waals surface area contributed by atoms with E-state index in [4.69, 9.17) is 0 Å². The van der Waals surface area contributed by atoms with Gasteiger partial charge in [-0.25, -0.2) is 4.79 Å². The van der Waals surface area contributed by atoms with E-state index < -0.39 is 5.60 Å². The highest BCUT2D eigenvalue weighted by atomic mass is 16.3. The molecule has 1 atom stereocenters. The highest BCUT2D eigenvalue weighted by Gasteiger charge is 2.26. The lowest BCUT2D eigenvalue weighted by molar-refractivity contribution is 0.0590. The van der Waals surface area contributed by atoms with Crippen LogP contribution < -0.4 is 10.6 Å². The van der Waals surface area contributed by atoms with Crippen LogP contribution in [0.4, 0.5) is 4.79 Å². The van der Waals surface area contributed by atoms with Gasteiger partial charge in [0, 0.05) is 24.3 Å². The zero-order valence-electron chi connectivity index (χ0n) is 11.6. The van der Waals surface area contributed by atoms with Crippen molar-refractivity contribution >= 4 is 6.03 Å². The van der Waals surface area contributed by atoms with Gasteiger partial charge in [-0.3, -0.25) is 4.68 Å². The molecule has 2 amide bonds. The predicted octanol–water partition coefficient (Wildman–Crippen LogP) is 0.725. The molecule has 0 saturated heterocycles. The van der Waals surface area contributed by atoms with Crippen molar-refractivity contribution in [2.45, 2.75) is 38.8 Å². The molecule has 0 bridgehead atoms. The van der Waals surface area contributed by atoms with Crippen molar-refractivity contribution in [2.24, 2.45) is 7.05 Å². The molecule has 1 rings (SSSR count). The summed E-state index contributed by atoms with van der Waals surface area (Å²) in [6.45, 7) is 7.45. The van der Waals surface area contributed by atoms with Gasteiger partial charge in [0.1, 0.15) is 5.60 Å². The van der Waals surface area contributed by atoms with Crippen molar-refractivity contribution in [3.8, 4) is 0 Å². The standard InChI is InChI=1S/C12H22N4O2/c1-11(2,3)15-10(17)13-8-12(4,18)9-6-14-16(5)7-9/h6-7,18H,8H2,1-5H3,(H2,13,15,17). The maximum atomic E-state index is 11.6. The van der Waals surface area contributed by atoms with E-state index in [0.717, 1.165) is 0 Å². The van der Waals surface area contributed by atoms with Crippen LogP contribution in [0, 0.1) is 0 Å². The fourth-order valence-corrected chi connectivity index (χ4v) is 1.44. The summed E-state index contributed by atoms with van der Waals surface area (Å²) in [5, 5.41) is 19.7. The molecule has 0 aliphatic carbocycles. The lowest BCUT2D eigenvalue weighted by atomic mass is 10.00. The van der Waals surface area contributed by atoms with Crippen LogP contribution >= 0.6 is 0 Å². The van der Waals surface area contributed by atoms with Crippen LogP contribution in [0.1, 0.15) is 33.3 Å². The molecule has 1 heterocycles. The molecule has 1 unspecified atom stereocenters. The summed E-state index contributed by atoms with van der Waals surface area (Å²) in [7, 11) is 1.78. The fourth-order valence-electron chi connectivity index (χ4n) is 1.44. The number of nitrogens with zero attached hydrogens (tertiary/aromatic N) is 2. The second kappa shape index (κ2) is 4.97. The molecular weight excluding hydrogens is 232 g/mol. The van der Waals surface area contributed by atoms with Crippen molar-refractivity contribution in [3.63, 3.8) is 0 Å². The van der Waals surface area contributed by atoms with Gasteiger partial charge in [0.25, 0.3) is 0 Å². The van der Waals surface area contributed by atoms with Gasteiger partial charge in [-0.15, -0.1) is 0 Å². The van der Waals surface area contributed by atoms with Crippen LogP contribution in [0.15, 0.2) is 12.4 Å². The fraction of sp³-hybridized carbons (Fsp3) is 0.667. The molecular formula is C12H22N4O2. The molecule has 0 radical (unpaired) electrons. The third-order valence-corrected chi connectivity index (χ3v) is 2.41. The summed E-state index contributed by atoms with van der Waals surface area (Å²) in [5.74, 6) is 0. The molecule has 0 aliphatic rings. The van der Waals surface area contributed by atoms with Gasteiger partial charge in [-0.2, -0.15) is 5.10 Å². The second-order valence-electron chi connectivity index (χ2n) is 5.73. The smallest absolute Gasteiger partial charge is 0.315 e. The van der Waals surface area contributed by atoms with Crippen molar-refractivity contribution in [1.82, 2.24) is 20.4 Å². The van der Waals surface area contributed by atoms with Crippen molar-refractivity contribution in [3.05, 3.63) is 18.0 Å². The van der Waals surface area contributed by atoms with E-state index in [1.807, 2.05) is 20.8 Å². The number of aliphatic hydroxyl groups is 1. The van der Waals surface area contributed by atoms with Crippen LogP contribution in [0.5, 0.6) is 0 Å². The Morgan fingerprint density at radius 2 is 2.06 bits per heavy atom. The van der Waals surface area contributed by atoms with Crippen molar-refractivity contribution in [1.29, 1.82) is 0 Å². The van der Waals surface area contributed by atoms with E-state index in [-0.39, 0.29) is 18.1 Å². The summed E-state index contributed by atoms with van der Waals surface area (Å²) in [5.41, 5.74) is -0.769. The number of amides is 2. The molecule has 1 aromatic heterocycles. The Morgan fingerprint density at radius 1 is 1.44 bits per heavy atom. The Morgan fingerprint density at radius 3 is 2.50 bits per heavy atom. The summed E-state index contributed by atoms with van der Waals surface area (Å²) in [6, 6.07) is -0.299. The van der Waals surface area contributed by atoms with Crippen LogP contribution in [0.2, 0.25) is 0 Å². The molecule has 6 nitrogen and oxygen atoms in total. The number of hydrogen-bond acceptors (Lipinski definition) is 3. The Bertz CT molecular complexity index is 418. The zero-order chi connectivity index (χ0) is 14.0. The first-order valence-electron chi connectivity index (χ1n) is 5.88. The average Bonchev–Trinajstić information content (AvgIpc) is 2.60. The van der Waals surface area contributed by atoms with Crippen molar-refractivity contribution in [2.75, 3.05) is 6.54 Å². The molecule has 0 aromatic carbocycles. The van der Waals surface area contributed by atoms with Crippen LogP contribution in [0.25, 0.3) is 0 Å². The zero-order valence-corrected chi connectivity index (χ0v) is 11.6. The molecule has 0 fully saturated rings. The third kappa shape index (κ3) is 4.37. The largest absolute Gasteiger partial charge is 0.383 e. The number of urea groups is 1. The summed E-state index contributed by atoms with van der Waals surface area (Å²) >= 11 is 0. The molecule has 0 spiro atoms. The minimum absolute atomic E-state index is 0.126. The molecule has 0 aliphatic heterocycles. The van der Waals surface area contributed by atoms with E-state index in [0.29, 0.717) is 5.56 Å². The molecule has 1 aromatic rings. The number of hydrogen-bond donors (Lipinski definition) is 3. The first-order valence-corrected chi connectivity index (χ1v) is 5.88. The molecule has 6 heteroatoms. The molecule has 3 N–H and O–H groups in total. The van der Waals surface area contributed by atoms with Gasteiger partial charge in [0.2, 0.25) is 0 Å². The quantitative estimate of drug-likeness (QED) is 0.744. The third-order valence-electron chi connectivity index (χ3n) is 2.41. The average molecular weight is 254 g/mol. The van der Waals surface area contributed by atoms with E-state index in [2.05, 4.69) is 15.7 Å². The highest BCUT2D eigenvalue weighted by molar-refractivity contribution is 5.74. The monoisotopic (exact) mass is 254 g/mol. The SMILES string of the molecule is Cn1cc(C(C)(O)CNC(=O)NC(C)(C)C)cn1. The maximum absolute atomic E-state index is 11.6. The number of rotatable bonds is 3. The predicted molar refractivity (Wildman–Crippen MR) is 69.1 cm³/mol. The first-order chi connectivity index (χ1) is 8.10. The summed E-state index contributed by atoms with van der Waals surface area (Å²) in [6.07, 6.45) is 3.31. The van der Waals surface area contributed by atoms with Gasteiger partial charge in [0.15, 0.2) is 0 Å². The number of aromatic nitrogens is 2. The number of nitrogens with one attached hydrogen (secondary N) is 2. The topological polar surface area (TPSA) is 79.2 Å². The van der Waals surface area contributed by atoms with Crippen LogP contribution in [0.3, 0.4) is 0 Å². The lowest BCUT2D eigenvalue weighted by Gasteiger charge is -2.25. The van der Waals surface area contributed by atoms with Crippen LogP contribution in [-0.4, -0.2) is 33.0 Å². The molecule has 102 valence electrons. The Hall–Kier alpha value is -1.56. The molecule has 0 saturated carbocycles. The number of carbonyl (C=O) groups is 1. The van der Waals surface area contributed by atoms with Gasteiger partial charge in [-0.05, 0) is 27.7 Å². The summed E-state index contributed by atoms with van der Waals surface area (Å²) < 4.78 is 1.61. The Labute approximate surface area is 107 Å². The normalized spacial score (nSPS) is 15.0. The van der Waals surface area contributed by atoms with E-state index >= 15 is 0 Å². The van der Waals surface area contributed by atoms with Gasteiger partial charge in [-0.1, -0.05) is 0 Å². The van der Waals surface area contributed by atoms with Crippen LogP contribution in [-0.2, 0) is 12.6 Å². The highest BCUT2D eigenvalue weighted by Crippen LogP contribution is 2.18. The number of aryl methyl sites for hydroxylation is 1. The first kappa shape index (κ1) is 14.5. The lowest BCUT2D eigenvalue weighted by Crippen LogP contribution is -2.49. The Kier molecular flexibility index (Phi) is 4.01. The van der Waals surface area contributed by atoms with E-state index in [9.17, 15) is 9.90 Å². The molecule has 18 heavy (non-hydrogen) atoms. The maximum Gasteiger partial charge on any atom is 0.315 e. The second-order valence-corrected chi connectivity index (χ2v) is 5.73. The van der Waals surface area contributed by atoms with Gasteiger partial charge >= 0.3 is 6.03 Å². The number of carbonyl (C=O) groups excluding carboxylic acids is 1. The van der Waals surface area contributed by atoms with Gasteiger partial charge in [0.05, 0.1) is 12.7 Å². The van der Waals surface area contributed by atoms with Crippen molar-refractivity contribution < 1.29 is 9.90 Å². The van der Waals surface area contributed by atoms with E-state index in [1.165, 1.54) is 0 Å². The summed E-state index contributed by atoms with van der Waals surface area (Å²) in [4.78, 5) is 11.6. The minimum atomic E-state index is -1.14. The Balaban J connectivity index is 2.55.